The van der Waals surface area contributed by atoms with Crippen LogP contribution in [-0.2, 0) is 4.74 Å². The summed E-state index contributed by atoms with van der Waals surface area (Å²) in [4.78, 5) is 0. The molecule has 0 radical (unpaired) electrons. The van der Waals surface area contributed by atoms with E-state index in [2.05, 4.69) is 0 Å². The quantitative estimate of drug-likeness (QED) is 0.768. The van der Waals surface area contributed by atoms with E-state index < -0.39 is 5.82 Å². The molecule has 2 aromatic carbocycles. The maximum absolute atomic E-state index is 14.6. The third-order valence-corrected chi connectivity index (χ3v) is 4.14. The summed E-state index contributed by atoms with van der Waals surface area (Å²) in [5.74, 6) is -0.0122. The van der Waals surface area contributed by atoms with Gasteiger partial charge in [-0.05, 0) is 37.1 Å². The molecule has 0 heterocycles. The second kappa shape index (κ2) is 7.77. The highest BCUT2D eigenvalue weighted by molar-refractivity contribution is 6.32. The summed E-state index contributed by atoms with van der Waals surface area (Å²) >= 11 is 6.08. The number of ether oxygens (including phenoxy) is 2. The fourth-order valence-corrected chi connectivity index (χ4v) is 2.39. The highest BCUT2D eigenvalue weighted by Gasteiger charge is 2.18. The molecule has 1 unspecified atom stereocenters. The Hall–Kier alpha value is -1.62. The second-order valence-electron chi connectivity index (χ2n) is 5.34. The summed E-state index contributed by atoms with van der Waals surface area (Å²) in [5, 5.41) is 0.212. The molecular formula is C18H21ClFNO2. The van der Waals surface area contributed by atoms with Crippen LogP contribution in [0, 0.1) is 5.82 Å². The van der Waals surface area contributed by atoms with Gasteiger partial charge in [-0.15, -0.1) is 0 Å². The third-order valence-electron chi connectivity index (χ3n) is 3.84. The first kappa shape index (κ1) is 17.7. The number of hydrogen-bond donors (Lipinski definition) is 1. The van der Waals surface area contributed by atoms with Crippen LogP contribution in [-0.4, -0.2) is 7.11 Å². The van der Waals surface area contributed by atoms with Crippen LogP contribution in [0.4, 0.5) is 4.39 Å². The van der Waals surface area contributed by atoms with Gasteiger partial charge in [0.2, 0.25) is 0 Å². The molecule has 2 N–H and O–H groups in total. The van der Waals surface area contributed by atoms with Gasteiger partial charge in [0.15, 0.2) is 11.6 Å². The average molecular weight is 338 g/mol. The maximum atomic E-state index is 14.6. The second-order valence-corrected chi connectivity index (χ2v) is 5.75. The van der Waals surface area contributed by atoms with Gasteiger partial charge in [-0.3, -0.25) is 0 Å². The molecule has 0 aliphatic heterocycles. The predicted molar refractivity (Wildman–Crippen MR) is 90.6 cm³/mol. The van der Waals surface area contributed by atoms with Gasteiger partial charge in [-0.25, -0.2) is 4.39 Å². The number of benzene rings is 2. The topological polar surface area (TPSA) is 44.5 Å². The SMILES string of the molecule is CC[C@@H](N)c1ccc(Cl)c(Oc2ccc(C(C)OC)cc2)c1F. The Morgan fingerprint density at radius 1 is 1.17 bits per heavy atom. The van der Waals surface area contributed by atoms with Crippen LogP contribution in [0.25, 0.3) is 0 Å². The zero-order chi connectivity index (χ0) is 17.0. The van der Waals surface area contributed by atoms with E-state index >= 15 is 0 Å². The van der Waals surface area contributed by atoms with E-state index in [0.29, 0.717) is 17.7 Å². The van der Waals surface area contributed by atoms with Crippen LogP contribution >= 0.6 is 11.6 Å². The van der Waals surface area contributed by atoms with Crippen molar-refractivity contribution in [1.29, 1.82) is 0 Å². The summed E-state index contributed by atoms with van der Waals surface area (Å²) in [6.45, 7) is 3.84. The largest absolute Gasteiger partial charge is 0.453 e. The molecule has 0 aromatic heterocycles. The summed E-state index contributed by atoms with van der Waals surface area (Å²) in [7, 11) is 1.65. The van der Waals surface area contributed by atoms with E-state index in [4.69, 9.17) is 26.8 Å². The minimum absolute atomic E-state index is 0.000562. The van der Waals surface area contributed by atoms with Crippen LogP contribution in [0.1, 0.15) is 43.5 Å². The first-order chi connectivity index (χ1) is 11.0. The van der Waals surface area contributed by atoms with Gasteiger partial charge in [0.1, 0.15) is 5.75 Å². The minimum atomic E-state index is -0.513. The van der Waals surface area contributed by atoms with Gasteiger partial charge in [0.05, 0.1) is 11.1 Å². The summed E-state index contributed by atoms with van der Waals surface area (Å²) < 4.78 is 25.5. The van der Waals surface area contributed by atoms with Crippen LogP contribution in [0.15, 0.2) is 36.4 Å². The molecule has 0 saturated heterocycles. The molecule has 0 aliphatic rings. The molecule has 5 heteroatoms. The van der Waals surface area contributed by atoms with E-state index in [0.717, 1.165) is 5.56 Å². The van der Waals surface area contributed by atoms with Crippen molar-refractivity contribution in [3.63, 3.8) is 0 Å². The normalized spacial score (nSPS) is 13.7. The zero-order valence-corrected chi connectivity index (χ0v) is 14.2. The number of methoxy groups -OCH3 is 1. The molecular weight excluding hydrogens is 317 g/mol. The lowest BCUT2D eigenvalue weighted by Crippen LogP contribution is -2.11. The molecule has 23 heavy (non-hydrogen) atoms. The van der Waals surface area contributed by atoms with E-state index in [9.17, 15) is 4.39 Å². The monoisotopic (exact) mass is 337 g/mol. The summed E-state index contributed by atoms with van der Waals surface area (Å²) in [6.07, 6.45) is 0.608. The van der Waals surface area contributed by atoms with Crippen molar-refractivity contribution in [1.82, 2.24) is 0 Å². The van der Waals surface area contributed by atoms with Crippen molar-refractivity contribution < 1.29 is 13.9 Å². The lowest BCUT2D eigenvalue weighted by Gasteiger charge is -2.16. The van der Waals surface area contributed by atoms with Crippen LogP contribution in [0.3, 0.4) is 0 Å². The molecule has 2 aromatic rings. The standard InChI is InChI=1S/C18H21ClFNO2/c1-4-16(21)14-9-10-15(19)18(17(14)20)23-13-7-5-12(6-8-13)11(2)22-3/h5-11,16H,4,21H2,1-3H3/t11?,16-/m1/s1. The maximum Gasteiger partial charge on any atom is 0.181 e. The molecule has 0 bridgehead atoms. The number of halogens is 2. The van der Waals surface area contributed by atoms with E-state index in [1.807, 2.05) is 26.0 Å². The van der Waals surface area contributed by atoms with Crippen molar-refractivity contribution in [3.05, 3.63) is 58.4 Å². The fraction of sp³-hybridized carbons (Fsp3) is 0.333. The predicted octanol–water partition coefficient (Wildman–Crippen LogP) is 5.39. The Kier molecular flexibility index (Phi) is 5.99. The molecule has 0 aliphatic carbocycles. The van der Waals surface area contributed by atoms with Gasteiger partial charge in [-0.1, -0.05) is 36.7 Å². The molecule has 2 rings (SSSR count). The fourth-order valence-electron chi connectivity index (χ4n) is 2.21. The van der Waals surface area contributed by atoms with Crippen molar-refractivity contribution >= 4 is 11.6 Å². The molecule has 124 valence electrons. The van der Waals surface area contributed by atoms with Crippen molar-refractivity contribution in [2.45, 2.75) is 32.4 Å². The van der Waals surface area contributed by atoms with Crippen LogP contribution in [0.5, 0.6) is 11.5 Å². The number of rotatable bonds is 6. The Morgan fingerprint density at radius 2 is 1.83 bits per heavy atom. The van der Waals surface area contributed by atoms with Gasteiger partial charge in [0.25, 0.3) is 0 Å². The lowest BCUT2D eigenvalue weighted by atomic mass is 10.0. The van der Waals surface area contributed by atoms with E-state index in [1.165, 1.54) is 0 Å². The lowest BCUT2D eigenvalue weighted by molar-refractivity contribution is 0.119. The average Bonchev–Trinajstić information content (AvgIpc) is 2.57. The smallest absolute Gasteiger partial charge is 0.181 e. The van der Waals surface area contributed by atoms with Crippen molar-refractivity contribution in [2.24, 2.45) is 5.73 Å². The summed E-state index contributed by atoms with van der Waals surface area (Å²) in [5.41, 5.74) is 7.33. The molecule has 0 fully saturated rings. The van der Waals surface area contributed by atoms with Gasteiger partial charge < -0.3 is 15.2 Å². The highest BCUT2D eigenvalue weighted by atomic mass is 35.5. The Morgan fingerprint density at radius 3 is 2.39 bits per heavy atom. The Labute approximate surface area is 141 Å². The van der Waals surface area contributed by atoms with Crippen molar-refractivity contribution in [3.8, 4) is 11.5 Å². The van der Waals surface area contributed by atoms with Gasteiger partial charge in [0, 0.05) is 18.7 Å². The zero-order valence-electron chi connectivity index (χ0n) is 13.5. The first-order valence-electron chi connectivity index (χ1n) is 7.52. The molecule has 2 atom stereocenters. The van der Waals surface area contributed by atoms with Gasteiger partial charge in [-0.2, -0.15) is 0 Å². The first-order valence-corrected chi connectivity index (χ1v) is 7.89. The van der Waals surface area contributed by atoms with Crippen LogP contribution in [0.2, 0.25) is 5.02 Å². The van der Waals surface area contributed by atoms with Crippen LogP contribution < -0.4 is 10.5 Å². The Balaban J connectivity index is 2.29. The van der Waals surface area contributed by atoms with E-state index in [-0.39, 0.29) is 22.9 Å². The molecule has 0 spiro atoms. The third kappa shape index (κ3) is 4.02. The molecule has 0 amide bonds. The minimum Gasteiger partial charge on any atom is -0.453 e. The Bertz CT molecular complexity index is 661. The number of nitrogens with two attached hydrogens (primary N) is 1. The van der Waals surface area contributed by atoms with E-state index in [1.54, 1.807) is 31.4 Å². The summed E-state index contributed by atoms with van der Waals surface area (Å²) in [6, 6.07) is 10.1. The number of hydrogen-bond acceptors (Lipinski definition) is 3. The molecule has 0 saturated carbocycles. The van der Waals surface area contributed by atoms with Gasteiger partial charge >= 0.3 is 0 Å². The molecule has 3 nitrogen and oxygen atoms in total. The highest BCUT2D eigenvalue weighted by Crippen LogP contribution is 2.36. The van der Waals surface area contributed by atoms with Crippen molar-refractivity contribution in [2.75, 3.05) is 7.11 Å².